The number of halogens is 1. The van der Waals surface area contributed by atoms with Crippen LogP contribution in [0.3, 0.4) is 0 Å². The standard InChI is InChI=1S/C21H15BrN4O2/c22-17-9-3-2-8-16(17)21(27)24-18-10-4-1-6-14(18)12-19-25-20(26-28-19)15-7-5-11-23-13-15/h1-11,13H,12H2,(H,24,27). The van der Waals surface area contributed by atoms with Crippen LogP contribution in [0.4, 0.5) is 5.69 Å². The number of anilines is 1. The van der Waals surface area contributed by atoms with E-state index in [9.17, 15) is 4.79 Å². The highest BCUT2D eigenvalue weighted by Crippen LogP contribution is 2.23. The third kappa shape index (κ3) is 3.99. The molecule has 0 saturated heterocycles. The van der Waals surface area contributed by atoms with Crippen LogP contribution < -0.4 is 5.32 Å². The topological polar surface area (TPSA) is 80.9 Å². The fraction of sp³-hybridized carbons (Fsp3) is 0.0476. The van der Waals surface area contributed by atoms with E-state index in [0.29, 0.717) is 29.4 Å². The van der Waals surface area contributed by atoms with Crippen LogP contribution in [0.25, 0.3) is 11.4 Å². The van der Waals surface area contributed by atoms with E-state index in [4.69, 9.17) is 4.52 Å². The summed E-state index contributed by atoms with van der Waals surface area (Å²) in [4.78, 5) is 21.1. The predicted octanol–water partition coefficient (Wildman–Crippen LogP) is 4.74. The summed E-state index contributed by atoms with van der Waals surface area (Å²) in [6, 6.07) is 18.5. The van der Waals surface area contributed by atoms with Gasteiger partial charge in [0.25, 0.3) is 5.91 Å². The minimum Gasteiger partial charge on any atom is -0.339 e. The quantitative estimate of drug-likeness (QED) is 0.490. The Morgan fingerprint density at radius 1 is 1.04 bits per heavy atom. The molecule has 0 radical (unpaired) electrons. The van der Waals surface area contributed by atoms with Crippen molar-refractivity contribution in [3.05, 3.63) is 94.5 Å². The summed E-state index contributed by atoms with van der Waals surface area (Å²) >= 11 is 3.41. The molecule has 0 aliphatic heterocycles. The van der Waals surface area contributed by atoms with E-state index in [0.717, 1.165) is 15.6 Å². The van der Waals surface area contributed by atoms with Crippen molar-refractivity contribution in [2.45, 2.75) is 6.42 Å². The maximum atomic E-state index is 12.6. The van der Waals surface area contributed by atoms with Crippen LogP contribution in [0.15, 0.2) is 82.1 Å². The zero-order chi connectivity index (χ0) is 19.3. The first-order valence-electron chi connectivity index (χ1n) is 8.57. The van der Waals surface area contributed by atoms with Gasteiger partial charge in [0.1, 0.15) is 0 Å². The number of rotatable bonds is 5. The Bertz CT molecular complexity index is 1110. The predicted molar refractivity (Wildman–Crippen MR) is 109 cm³/mol. The Morgan fingerprint density at radius 3 is 2.68 bits per heavy atom. The van der Waals surface area contributed by atoms with Crippen LogP contribution in [0.2, 0.25) is 0 Å². The second-order valence-corrected chi connectivity index (χ2v) is 6.88. The van der Waals surface area contributed by atoms with Crippen molar-refractivity contribution < 1.29 is 9.32 Å². The van der Waals surface area contributed by atoms with Gasteiger partial charge in [-0.05, 0) is 51.8 Å². The highest BCUT2D eigenvalue weighted by molar-refractivity contribution is 9.10. The van der Waals surface area contributed by atoms with Gasteiger partial charge in [-0.15, -0.1) is 0 Å². The van der Waals surface area contributed by atoms with Crippen LogP contribution in [0.1, 0.15) is 21.8 Å². The van der Waals surface area contributed by atoms with E-state index in [2.05, 4.69) is 36.4 Å². The minimum atomic E-state index is -0.193. The molecule has 1 amide bonds. The number of hydrogen-bond acceptors (Lipinski definition) is 5. The van der Waals surface area contributed by atoms with Crippen molar-refractivity contribution in [3.63, 3.8) is 0 Å². The summed E-state index contributed by atoms with van der Waals surface area (Å²) in [6.45, 7) is 0. The van der Waals surface area contributed by atoms with E-state index >= 15 is 0 Å². The van der Waals surface area contributed by atoms with Gasteiger partial charge in [-0.2, -0.15) is 4.98 Å². The molecular formula is C21H15BrN4O2. The number of pyridine rings is 1. The van der Waals surface area contributed by atoms with Crippen molar-refractivity contribution >= 4 is 27.5 Å². The van der Waals surface area contributed by atoms with E-state index in [1.807, 2.05) is 54.6 Å². The molecule has 2 heterocycles. The number of carbonyl (C=O) groups is 1. The lowest BCUT2D eigenvalue weighted by molar-refractivity contribution is 0.102. The normalized spacial score (nSPS) is 10.6. The van der Waals surface area contributed by atoms with Gasteiger partial charge < -0.3 is 9.84 Å². The van der Waals surface area contributed by atoms with E-state index in [-0.39, 0.29) is 5.91 Å². The summed E-state index contributed by atoms with van der Waals surface area (Å²) in [5.74, 6) is 0.751. The lowest BCUT2D eigenvalue weighted by Gasteiger charge is -2.10. The maximum absolute atomic E-state index is 12.6. The summed E-state index contributed by atoms with van der Waals surface area (Å²) in [6.07, 6.45) is 3.77. The number of nitrogens with one attached hydrogen (secondary N) is 1. The smallest absolute Gasteiger partial charge is 0.256 e. The largest absolute Gasteiger partial charge is 0.339 e. The number of carbonyl (C=O) groups excluding carboxylic acids is 1. The second kappa shape index (κ2) is 8.14. The van der Waals surface area contributed by atoms with E-state index in [1.54, 1.807) is 18.5 Å². The number of benzene rings is 2. The van der Waals surface area contributed by atoms with E-state index < -0.39 is 0 Å². The lowest BCUT2D eigenvalue weighted by atomic mass is 10.1. The van der Waals surface area contributed by atoms with Crippen molar-refractivity contribution in [2.75, 3.05) is 5.32 Å². The monoisotopic (exact) mass is 434 g/mol. The SMILES string of the molecule is O=C(Nc1ccccc1Cc1nc(-c2cccnc2)no1)c1ccccc1Br. The summed E-state index contributed by atoms with van der Waals surface area (Å²) < 4.78 is 6.12. The van der Waals surface area contributed by atoms with Gasteiger partial charge in [0.15, 0.2) is 0 Å². The van der Waals surface area contributed by atoms with Crippen LogP contribution in [0.5, 0.6) is 0 Å². The number of hydrogen-bond donors (Lipinski definition) is 1. The average molecular weight is 435 g/mol. The third-order valence-electron chi connectivity index (χ3n) is 4.11. The van der Waals surface area contributed by atoms with Gasteiger partial charge in [0.05, 0.1) is 12.0 Å². The summed E-state index contributed by atoms with van der Waals surface area (Å²) in [7, 11) is 0. The lowest BCUT2D eigenvalue weighted by Crippen LogP contribution is -2.14. The number of para-hydroxylation sites is 1. The molecule has 4 aromatic rings. The van der Waals surface area contributed by atoms with Gasteiger partial charge in [0.2, 0.25) is 11.7 Å². The Balaban J connectivity index is 1.55. The molecule has 1 N–H and O–H groups in total. The minimum absolute atomic E-state index is 0.193. The van der Waals surface area contributed by atoms with Crippen LogP contribution in [-0.4, -0.2) is 21.0 Å². The van der Waals surface area contributed by atoms with Crippen molar-refractivity contribution in [2.24, 2.45) is 0 Å². The van der Waals surface area contributed by atoms with Gasteiger partial charge in [-0.25, -0.2) is 0 Å². The number of amides is 1. The van der Waals surface area contributed by atoms with Gasteiger partial charge in [-0.3, -0.25) is 9.78 Å². The summed E-state index contributed by atoms with van der Waals surface area (Å²) in [5.41, 5.74) is 2.93. The molecule has 0 fully saturated rings. The molecule has 0 saturated carbocycles. The first kappa shape index (κ1) is 18.1. The Hall–Kier alpha value is -3.32. The molecule has 138 valence electrons. The fourth-order valence-electron chi connectivity index (χ4n) is 2.73. The van der Waals surface area contributed by atoms with Gasteiger partial charge >= 0.3 is 0 Å². The second-order valence-electron chi connectivity index (χ2n) is 6.02. The number of aromatic nitrogens is 3. The number of nitrogens with zero attached hydrogens (tertiary/aromatic N) is 3. The molecule has 0 spiro atoms. The fourth-order valence-corrected chi connectivity index (χ4v) is 3.20. The average Bonchev–Trinajstić information content (AvgIpc) is 3.19. The summed E-state index contributed by atoms with van der Waals surface area (Å²) in [5, 5.41) is 6.97. The van der Waals surface area contributed by atoms with Crippen LogP contribution in [0, 0.1) is 0 Å². The molecule has 2 aromatic carbocycles. The van der Waals surface area contributed by atoms with Crippen molar-refractivity contribution in [3.8, 4) is 11.4 Å². The van der Waals surface area contributed by atoms with Crippen molar-refractivity contribution in [1.29, 1.82) is 0 Å². The first-order chi connectivity index (χ1) is 13.7. The van der Waals surface area contributed by atoms with Crippen LogP contribution >= 0.6 is 15.9 Å². The molecule has 0 unspecified atom stereocenters. The molecule has 0 aliphatic rings. The zero-order valence-corrected chi connectivity index (χ0v) is 16.3. The van der Waals surface area contributed by atoms with Crippen molar-refractivity contribution in [1.82, 2.24) is 15.1 Å². The molecule has 6 nitrogen and oxygen atoms in total. The highest BCUT2D eigenvalue weighted by atomic mass is 79.9. The highest BCUT2D eigenvalue weighted by Gasteiger charge is 2.14. The van der Waals surface area contributed by atoms with Gasteiger partial charge in [-0.1, -0.05) is 35.5 Å². The Labute approximate surface area is 169 Å². The zero-order valence-electron chi connectivity index (χ0n) is 14.7. The van der Waals surface area contributed by atoms with Crippen LogP contribution in [-0.2, 0) is 6.42 Å². The molecule has 0 bridgehead atoms. The molecule has 7 heteroatoms. The van der Waals surface area contributed by atoms with E-state index in [1.165, 1.54) is 0 Å². The Kier molecular flexibility index (Phi) is 5.25. The first-order valence-corrected chi connectivity index (χ1v) is 9.37. The molecule has 0 atom stereocenters. The maximum Gasteiger partial charge on any atom is 0.256 e. The molecule has 28 heavy (non-hydrogen) atoms. The molecule has 4 rings (SSSR count). The Morgan fingerprint density at radius 2 is 1.86 bits per heavy atom. The third-order valence-corrected chi connectivity index (χ3v) is 4.81. The van der Waals surface area contributed by atoms with Gasteiger partial charge in [0, 0.05) is 28.1 Å². The molecular weight excluding hydrogens is 420 g/mol. The molecule has 2 aromatic heterocycles. The molecule has 0 aliphatic carbocycles.